The molecule has 3 atom stereocenters. The Morgan fingerprint density at radius 2 is 1.89 bits per heavy atom. The van der Waals surface area contributed by atoms with Crippen LogP contribution in [0.3, 0.4) is 0 Å². The van der Waals surface area contributed by atoms with Gasteiger partial charge in [-0.15, -0.1) is 0 Å². The van der Waals surface area contributed by atoms with Gasteiger partial charge in [-0.2, -0.15) is 0 Å². The summed E-state index contributed by atoms with van der Waals surface area (Å²) in [6, 6.07) is 0. The van der Waals surface area contributed by atoms with Gasteiger partial charge in [0.05, 0.1) is 5.60 Å². The second kappa shape index (κ2) is 3.95. The van der Waals surface area contributed by atoms with Crippen molar-refractivity contribution in [2.45, 2.75) is 75.6 Å². The minimum absolute atomic E-state index is 0.346. The lowest BCUT2D eigenvalue weighted by Crippen LogP contribution is -2.61. The summed E-state index contributed by atoms with van der Waals surface area (Å²) < 4.78 is 5.72. The first-order chi connectivity index (χ1) is 8.76. The summed E-state index contributed by atoms with van der Waals surface area (Å²) in [4.78, 5) is 12.1. The van der Waals surface area contributed by atoms with Crippen LogP contribution >= 0.6 is 0 Å². The van der Waals surface area contributed by atoms with Crippen molar-refractivity contribution in [3.63, 3.8) is 0 Å². The van der Waals surface area contributed by atoms with Gasteiger partial charge in [0.15, 0.2) is 5.60 Å². The predicted molar refractivity (Wildman–Crippen MR) is 69.4 cm³/mol. The fourth-order valence-corrected chi connectivity index (χ4v) is 4.70. The number of carbonyl (C=O) groups is 1. The highest BCUT2D eigenvalue weighted by molar-refractivity contribution is 5.79. The highest BCUT2D eigenvalue weighted by Crippen LogP contribution is 2.59. The molecule has 4 aliphatic rings. The zero-order valence-electron chi connectivity index (χ0n) is 11.8. The van der Waals surface area contributed by atoms with Gasteiger partial charge in [0.25, 0.3) is 0 Å². The lowest BCUT2D eigenvalue weighted by atomic mass is 9.52. The number of esters is 1. The molecule has 4 rings (SSSR count). The molecular weight excluding hydrogens is 244 g/mol. The summed E-state index contributed by atoms with van der Waals surface area (Å²) in [7, 11) is 0. The maximum Gasteiger partial charge on any atom is 0.338 e. The van der Waals surface area contributed by atoms with Crippen molar-refractivity contribution < 1.29 is 19.7 Å². The summed E-state index contributed by atoms with van der Waals surface area (Å²) >= 11 is 0. The Bertz CT molecular complexity index is 387. The molecule has 4 saturated carbocycles. The molecule has 2 N–H and O–H groups in total. The van der Waals surface area contributed by atoms with E-state index in [9.17, 15) is 15.0 Å². The minimum atomic E-state index is -1.41. The van der Waals surface area contributed by atoms with Gasteiger partial charge < -0.3 is 14.9 Å². The molecule has 0 spiro atoms. The number of rotatable bonds is 3. The van der Waals surface area contributed by atoms with Gasteiger partial charge in [0, 0.05) is 6.42 Å². The predicted octanol–water partition coefficient (Wildman–Crippen LogP) is 1.77. The number of hydrogen-bond donors (Lipinski definition) is 2. The maximum absolute atomic E-state index is 12.1. The quantitative estimate of drug-likeness (QED) is 0.766. The monoisotopic (exact) mass is 268 g/mol. The molecule has 0 saturated heterocycles. The van der Waals surface area contributed by atoms with Crippen LogP contribution in [-0.2, 0) is 9.53 Å². The summed E-state index contributed by atoms with van der Waals surface area (Å²) in [5.41, 5.74) is -2.57. The fraction of sp³-hybridized carbons (Fsp3) is 0.933. The molecular formula is C15H24O4. The second-order valence-electron chi connectivity index (χ2n) is 7.39. The molecule has 4 heteroatoms. The Kier molecular flexibility index (Phi) is 2.78. The minimum Gasteiger partial charge on any atom is -0.457 e. The van der Waals surface area contributed by atoms with Crippen LogP contribution in [-0.4, -0.2) is 33.0 Å². The van der Waals surface area contributed by atoms with Crippen LogP contribution < -0.4 is 0 Å². The van der Waals surface area contributed by atoms with Crippen molar-refractivity contribution in [2.75, 3.05) is 0 Å². The average molecular weight is 268 g/mol. The van der Waals surface area contributed by atoms with Crippen molar-refractivity contribution in [3.05, 3.63) is 0 Å². The van der Waals surface area contributed by atoms with Crippen LogP contribution in [0.25, 0.3) is 0 Å². The topological polar surface area (TPSA) is 66.8 Å². The van der Waals surface area contributed by atoms with E-state index in [-0.39, 0.29) is 0 Å². The fourth-order valence-electron chi connectivity index (χ4n) is 4.70. The highest BCUT2D eigenvalue weighted by atomic mass is 16.6. The zero-order valence-corrected chi connectivity index (χ0v) is 11.8. The Hall–Kier alpha value is -0.610. The van der Waals surface area contributed by atoms with Crippen LogP contribution in [0.5, 0.6) is 0 Å². The molecule has 4 bridgehead atoms. The third-order valence-electron chi connectivity index (χ3n) is 5.41. The third kappa shape index (κ3) is 2.19. The van der Waals surface area contributed by atoms with Gasteiger partial charge in [-0.1, -0.05) is 6.92 Å². The molecule has 4 nitrogen and oxygen atoms in total. The molecule has 0 radical (unpaired) electrons. The van der Waals surface area contributed by atoms with Gasteiger partial charge in [-0.3, -0.25) is 0 Å². The first kappa shape index (κ1) is 13.4. The number of carbonyl (C=O) groups excluding carboxylic acids is 1. The van der Waals surface area contributed by atoms with Crippen molar-refractivity contribution in [1.82, 2.24) is 0 Å². The van der Waals surface area contributed by atoms with E-state index in [2.05, 4.69) is 0 Å². The molecule has 0 amide bonds. The first-order valence-electron chi connectivity index (χ1n) is 7.44. The Morgan fingerprint density at radius 3 is 2.37 bits per heavy atom. The summed E-state index contributed by atoms with van der Waals surface area (Å²) in [5, 5.41) is 20.6. The van der Waals surface area contributed by atoms with E-state index in [1.807, 2.05) is 0 Å². The SMILES string of the molecule is CCC(C)(O)C(=O)OC12CC3CC(CC(O)(C3)C1)C2. The molecule has 0 aromatic carbocycles. The van der Waals surface area contributed by atoms with Crippen LogP contribution in [0.4, 0.5) is 0 Å². The molecule has 0 aromatic rings. The number of ether oxygens (including phenoxy) is 1. The number of hydrogen-bond acceptors (Lipinski definition) is 4. The van der Waals surface area contributed by atoms with Crippen molar-refractivity contribution in [3.8, 4) is 0 Å². The Morgan fingerprint density at radius 1 is 1.32 bits per heavy atom. The van der Waals surface area contributed by atoms with Gasteiger partial charge >= 0.3 is 5.97 Å². The molecule has 0 heterocycles. The molecule has 108 valence electrons. The molecule has 4 fully saturated rings. The molecule has 0 aromatic heterocycles. The van der Waals surface area contributed by atoms with E-state index in [4.69, 9.17) is 4.74 Å². The number of aliphatic hydroxyl groups is 2. The summed E-state index contributed by atoms with van der Waals surface area (Å²) in [6.45, 7) is 3.28. The Balaban J connectivity index is 1.79. The van der Waals surface area contributed by atoms with E-state index in [1.165, 1.54) is 6.92 Å². The van der Waals surface area contributed by atoms with E-state index in [0.717, 1.165) is 32.1 Å². The van der Waals surface area contributed by atoms with Crippen molar-refractivity contribution >= 4 is 5.97 Å². The molecule has 19 heavy (non-hydrogen) atoms. The molecule has 0 aliphatic heterocycles. The zero-order chi connectivity index (χ0) is 13.9. The molecule has 4 aliphatic carbocycles. The Labute approximate surface area is 114 Å². The van der Waals surface area contributed by atoms with Gasteiger partial charge in [-0.25, -0.2) is 4.79 Å². The largest absolute Gasteiger partial charge is 0.457 e. The summed E-state index contributed by atoms with van der Waals surface area (Å²) in [5.74, 6) is 0.428. The smallest absolute Gasteiger partial charge is 0.338 e. The third-order valence-corrected chi connectivity index (χ3v) is 5.41. The van der Waals surface area contributed by atoms with Crippen LogP contribution in [0.15, 0.2) is 0 Å². The van der Waals surface area contributed by atoms with Crippen LogP contribution in [0.2, 0.25) is 0 Å². The van der Waals surface area contributed by atoms with Crippen molar-refractivity contribution in [2.24, 2.45) is 11.8 Å². The van der Waals surface area contributed by atoms with E-state index in [1.54, 1.807) is 6.92 Å². The second-order valence-corrected chi connectivity index (χ2v) is 7.39. The first-order valence-corrected chi connectivity index (χ1v) is 7.44. The highest BCUT2D eigenvalue weighted by Gasteiger charge is 2.59. The van der Waals surface area contributed by atoms with Gasteiger partial charge in [0.2, 0.25) is 0 Å². The van der Waals surface area contributed by atoms with E-state index < -0.39 is 22.8 Å². The summed E-state index contributed by atoms with van der Waals surface area (Å²) in [6.07, 6.45) is 5.48. The van der Waals surface area contributed by atoms with Gasteiger partial charge in [-0.05, 0) is 57.3 Å². The lowest BCUT2D eigenvalue weighted by Gasteiger charge is -2.59. The van der Waals surface area contributed by atoms with Crippen LogP contribution in [0.1, 0.15) is 58.8 Å². The van der Waals surface area contributed by atoms with E-state index in [0.29, 0.717) is 24.7 Å². The maximum atomic E-state index is 12.1. The average Bonchev–Trinajstić information content (AvgIpc) is 2.24. The molecule has 3 unspecified atom stereocenters. The van der Waals surface area contributed by atoms with Crippen molar-refractivity contribution in [1.29, 1.82) is 0 Å². The lowest BCUT2D eigenvalue weighted by molar-refractivity contribution is -0.229. The standard InChI is InChI=1S/C15H24O4/c1-3-13(2,17)12(16)19-15-7-10-4-11(8-15)6-14(18,5-10)9-15/h10-11,17-18H,3-9H2,1-2H3. The normalized spacial score (nSPS) is 46.9. The van der Waals surface area contributed by atoms with E-state index >= 15 is 0 Å². The van der Waals surface area contributed by atoms with Gasteiger partial charge in [0.1, 0.15) is 5.60 Å². The van der Waals surface area contributed by atoms with Crippen LogP contribution in [0, 0.1) is 11.8 Å².